The van der Waals surface area contributed by atoms with Gasteiger partial charge in [-0.3, -0.25) is 0 Å². The van der Waals surface area contributed by atoms with Crippen molar-refractivity contribution >= 4 is 5.69 Å². The van der Waals surface area contributed by atoms with Gasteiger partial charge in [0.15, 0.2) is 0 Å². The zero-order valence-electron chi connectivity index (χ0n) is 11.6. The molecule has 1 aromatic rings. The first-order valence-electron chi connectivity index (χ1n) is 6.93. The largest absolute Gasteiger partial charge is 0.385 e. The van der Waals surface area contributed by atoms with Crippen LogP contribution in [0.3, 0.4) is 0 Å². The molecule has 3 heteroatoms. The molecule has 1 aliphatic rings. The van der Waals surface area contributed by atoms with Gasteiger partial charge in [0.2, 0.25) is 0 Å². The Morgan fingerprint density at radius 2 is 1.94 bits per heavy atom. The van der Waals surface area contributed by atoms with Crippen LogP contribution in [0, 0.1) is 5.92 Å². The van der Waals surface area contributed by atoms with Gasteiger partial charge < -0.3 is 15.5 Å². The molecule has 0 unspecified atom stereocenters. The lowest BCUT2D eigenvalue weighted by molar-refractivity contribution is 0.388. The molecule has 3 nitrogen and oxygen atoms in total. The van der Waals surface area contributed by atoms with Gasteiger partial charge in [0.1, 0.15) is 0 Å². The van der Waals surface area contributed by atoms with Crippen molar-refractivity contribution in [3.63, 3.8) is 0 Å². The topological polar surface area (TPSA) is 27.3 Å². The predicted octanol–water partition coefficient (Wildman–Crippen LogP) is 2.16. The van der Waals surface area contributed by atoms with Gasteiger partial charge in [0.25, 0.3) is 0 Å². The minimum atomic E-state index is 0.818. The molecule has 100 valence electrons. The minimum absolute atomic E-state index is 0.818. The molecule has 0 aromatic heterocycles. The van der Waals surface area contributed by atoms with Gasteiger partial charge in [-0.1, -0.05) is 18.2 Å². The molecule has 1 aliphatic heterocycles. The molecule has 1 heterocycles. The van der Waals surface area contributed by atoms with E-state index in [-0.39, 0.29) is 0 Å². The molecule has 1 aromatic carbocycles. The number of nitrogens with one attached hydrogen (secondary N) is 2. The Kier molecular flexibility index (Phi) is 5.02. The summed E-state index contributed by atoms with van der Waals surface area (Å²) in [6.07, 6.45) is 2.59. The summed E-state index contributed by atoms with van der Waals surface area (Å²) in [5.41, 5.74) is 2.68. The van der Waals surface area contributed by atoms with E-state index in [9.17, 15) is 0 Å². The highest BCUT2D eigenvalue weighted by Crippen LogP contribution is 2.18. The Bertz CT molecular complexity index is 357. The van der Waals surface area contributed by atoms with Crippen molar-refractivity contribution in [1.82, 2.24) is 10.2 Å². The highest BCUT2D eigenvalue weighted by Gasteiger charge is 2.13. The predicted molar refractivity (Wildman–Crippen MR) is 77.9 cm³/mol. The maximum absolute atomic E-state index is 3.63. The molecule has 0 saturated carbocycles. The first kappa shape index (κ1) is 13.4. The second-order valence-corrected chi connectivity index (χ2v) is 5.47. The zero-order valence-corrected chi connectivity index (χ0v) is 11.6. The third kappa shape index (κ3) is 4.00. The molecule has 0 atom stereocenters. The zero-order chi connectivity index (χ0) is 12.8. The minimum Gasteiger partial charge on any atom is -0.385 e. The van der Waals surface area contributed by atoms with Crippen LogP contribution in [0.2, 0.25) is 0 Å². The molecule has 2 rings (SSSR count). The van der Waals surface area contributed by atoms with Crippen LogP contribution in [0.4, 0.5) is 5.69 Å². The van der Waals surface area contributed by atoms with Gasteiger partial charge in [0, 0.05) is 18.8 Å². The first-order chi connectivity index (χ1) is 8.75. The van der Waals surface area contributed by atoms with Crippen LogP contribution in [0.1, 0.15) is 18.4 Å². The van der Waals surface area contributed by atoms with Crippen molar-refractivity contribution in [2.45, 2.75) is 19.4 Å². The number of piperidine rings is 1. The lowest BCUT2D eigenvalue weighted by atomic mass is 9.98. The Balaban J connectivity index is 1.91. The van der Waals surface area contributed by atoms with E-state index in [1.165, 1.54) is 37.2 Å². The lowest BCUT2D eigenvalue weighted by Crippen LogP contribution is -2.31. The third-order valence-corrected chi connectivity index (χ3v) is 3.54. The average molecular weight is 247 g/mol. The van der Waals surface area contributed by atoms with Crippen LogP contribution in [-0.4, -0.2) is 38.6 Å². The number of benzene rings is 1. The summed E-state index contributed by atoms with van der Waals surface area (Å²) >= 11 is 0. The normalized spacial score (nSPS) is 17.1. The van der Waals surface area contributed by atoms with Gasteiger partial charge >= 0.3 is 0 Å². The van der Waals surface area contributed by atoms with Crippen molar-refractivity contribution < 1.29 is 0 Å². The molecule has 0 bridgehead atoms. The van der Waals surface area contributed by atoms with Crippen molar-refractivity contribution in [3.05, 3.63) is 29.8 Å². The van der Waals surface area contributed by atoms with Gasteiger partial charge in [-0.25, -0.2) is 0 Å². The number of hydrogen-bond acceptors (Lipinski definition) is 3. The quantitative estimate of drug-likeness (QED) is 0.835. The van der Waals surface area contributed by atoms with Crippen LogP contribution in [0.25, 0.3) is 0 Å². The monoisotopic (exact) mass is 247 g/mol. The van der Waals surface area contributed by atoms with Crippen LogP contribution >= 0.6 is 0 Å². The molecule has 0 spiro atoms. The molecular formula is C15H25N3. The van der Waals surface area contributed by atoms with Gasteiger partial charge in [-0.15, -0.1) is 0 Å². The molecular weight excluding hydrogens is 222 g/mol. The van der Waals surface area contributed by atoms with E-state index in [2.05, 4.69) is 53.9 Å². The number of para-hydroxylation sites is 1. The molecule has 18 heavy (non-hydrogen) atoms. The maximum Gasteiger partial charge on any atom is 0.0385 e. The first-order valence-corrected chi connectivity index (χ1v) is 6.93. The van der Waals surface area contributed by atoms with Crippen molar-refractivity contribution in [2.24, 2.45) is 5.92 Å². The number of rotatable bonds is 5. The molecule has 0 radical (unpaired) electrons. The highest BCUT2D eigenvalue weighted by atomic mass is 15.1. The van der Waals surface area contributed by atoms with Crippen molar-refractivity contribution in [1.29, 1.82) is 0 Å². The summed E-state index contributed by atoms with van der Waals surface area (Å²) in [5.74, 6) is 0.818. The fraction of sp³-hybridized carbons (Fsp3) is 0.600. The smallest absolute Gasteiger partial charge is 0.0385 e. The second-order valence-electron chi connectivity index (χ2n) is 5.47. The summed E-state index contributed by atoms with van der Waals surface area (Å²) < 4.78 is 0. The summed E-state index contributed by atoms with van der Waals surface area (Å²) in [6.45, 7) is 4.44. The Morgan fingerprint density at radius 3 is 2.67 bits per heavy atom. The second kappa shape index (κ2) is 6.76. The standard InChI is InChI=1S/C15H25N3/c1-18(2)12-14-5-3-4-6-15(14)17-11-13-7-9-16-10-8-13/h3-6,13,16-17H,7-12H2,1-2H3. The third-order valence-electron chi connectivity index (χ3n) is 3.54. The Morgan fingerprint density at radius 1 is 1.22 bits per heavy atom. The molecule has 1 fully saturated rings. The van der Waals surface area contributed by atoms with Crippen LogP contribution in [0.15, 0.2) is 24.3 Å². The molecule has 0 amide bonds. The number of nitrogens with zero attached hydrogens (tertiary/aromatic N) is 1. The summed E-state index contributed by atoms with van der Waals surface area (Å²) in [7, 11) is 4.23. The number of anilines is 1. The van der Waals surface area contributed by atoms with E-state index in [1.807, 2.05) is 0 Å². The molecule has 0 aliphatic carbocycles. The van der Waals surface area contributed by atoms with Crippen LogP contribution < -0.4 is 10.6 Å². The lowest BCUT2D eigenvalue weighted by Gasteiger charge is -2.24. The maximum atomic E-state index is 3.63. The van der Waals surface area contributed by atoms with Crippen molar-refractivity contribution in [2.75, 3.05) is 39.0 Å². The van der Waals surface area contributed by atoms with E-state index in [0.717, 1.165) is 19.0 Å². The van der Waals surface area contributed by atoms with E-state index < -0.39 is 0 Å². The van der Waals surface area contributed by atoms with E-state index in [1.54, 1.807) is 0 Å². The Labute approximate surface area is 111 Å². The average Bonchev–Trinajstić information content (AvgIpc) is 2.38. The van der Waals surface area contributed by atoms with Gasteiger partial charge in [0.05, 0.1) is 0 Å². The van der Waals surface area contributed by atoms with Crippen LogP contribution in [0.5, 0.6) is 0 Å². The molecule has 2 N–H and O–H groups in total. The summed E-state index contributed by atoms with van der Waals surface area (Å²) in [4.78, 5) is 2.21. The fourth-order valence-electron chi connectivity index (χ4n) is 2.51. The van der Waals surface area contributed by atoms with E-state index >= 15 is 0 Å². The molecule has 1 saturated heterocycles. The summed E-state index contributed by atoms with van der Waals surface area (Å²) in [5, 5.41) is 7.05. The fourth-order valence-corrected chi connectivity index (χ4v) is 2.51. The van der Waals surface area contributed by atoms with Crippen LogP contribution in [-0.2, 0) is 6.54 Å². The van der Waals surface area contributed by atoms with Gasteiger partial charge in [-0.05, 0) is 57.6 Å². The van der Waals surface area contributed by atoms with Crippen molar-refractivity contribution in [3.8, 4) is 0 Å². The Hall–Kier alpha value is -1.06. The van der Waals surface area contributed by atoms with E-state index in [4.69, 9.17) is 0 Å². The summed E-state index contributed by atoms with van der Waals surface area (Å²) in [6, 6.07) is 8.64. The SMILES string of the molecule is CN(C)Cc1ccccc1NCC1CCNCC1. The van der Waals surface area contributed by atoms with E-state index in [0.29, 0.717) is 0 Å². The number of hydrogen-bond donors (Lipinski definition) is 2. The van der Waals surface area contributed by atoms with Gasteiger partial charge in [-0.2, -0.15) is 0 Å². The highest BCUT2D eigenvalue weighted by molar-refractivity contribution is 5.51.